The van der Waals surface area contributed by atoms with Crippen LogP contribution in [-0.2, 0) is 22.6 Å². The van der Waals surface area contributed by atoms with Gasteiger partial charge in [0, 0.05) is 24.0 Å². The van der Waals surface area contributed by atoms with Crippen molar-refractivity contribution in [1.29, 1.82) is 0 Å². The van der Waals surface area contributed by atoms with Gasteiger partial charge in [-0.25, -0.2) is 0 Å². The number of carbonyl (C=O) groups is 2. The highest BCUT2D eigenvalue weighted by atomic mass is 79.9. The van der Waals surface area contributed by atoms with Crippen LogP contribution in [-0.4, -0.2) is 35.9 Å². The Morgan fingerprint density at radius 2 is 1.57 bits per heavy atom. The molecule has 5 nitrogen and oxygen atoms in total. The van der Waals surface area contributed by atoms with Gasteiger partial charge in [0.05, 0.1) is 0 Å². The van der Waals surface area contributed by atoms with E-state index in [9.17, 15) is 9.59 Å². The molecule has 0 bridgehead atoms. The molecule has 1 unspecified atom stereocenters. The SMILES string of the molecule is CCNC(=O)C(Cc1ccccc1)N(Cc1ccc(C)cc1)C(=O)COc1cc(C)c(Br)c(C)c1. The molecule has 0 fully saturated rings. The number of hydrogen-bond acceptors (Lipinski definition) is 3. The fourth-order valence-corrected chi connectivity index (χ4v) is 4.18. The molecule has 0 saturated heterocycles. The molecule has 0 spiro atoms. The van der Waals surface area contributed by atoms with Gasteiger partial charge in [-0.3, -0.25) is 9.59 Å². The van der Waals surface area contributed by atoms with E-state index >= 15 is 0 Å². The van der Waals surface area contributed by atoms with Crippen molar-refractivity contribution in [2.45, 2.75) is 46.7 Å². The normalized spacial score (nSPS) is 11.6. The third kappa shape index (κ3) is 7.43. The highest BCUT2D eigenvalue weighted by Crippen LogP contribution is 2.26. The van der Waals surface area contributed by atoms with Crippen LogP contribution in [0, 0.1) is 20.8 Å². The number of halogens is 1. The number of nitrogens with one attached hydrogen (secondary N) is 1. The zero-order valence-electron chi connectivity index (χ0n) is 20.8. The molecule has 0 saturated carbocycles. The summed E-state index contributed by atoms with van der Waals surface area (Å²) < 4.78 is 6.94. The number of hydrogen-bond donors (Lipinski definition) is 1. The standard InChI is InChI=1S/C29H33BrN2O3/c1-5-31-29(34)26(17-23-9-7-6-8-10-23)32(18-24-13-11-20(2)12-14-24)27(33)19-35-25-15-21(3)28(30)22(4)16-25/h6-16,26H,5,17-19H2,1-4H3,(H,31,34). The molecule has 6 heteroatoms. The fourth-order valence-electron chi connectivity index (χ4n) is 3.95. The Morgan fingerprint density at radius 1 is 0.943 bits per heavy atom. The lowest BCUT2D eigenvalue weighted by Gasteiger charge is -2.31. The smallest absolute Gasteiger partial charge is 0.261 e. The van der Waals surface area contributed by atoms with Gasteiger partial charge in [-0.2, -0.15) is 0 Å². The predicted octanol–water partition coefficient (Wildman–Crippen LogP) is 5.53. The van der Waals surface area contributed by atoms with E-state index in [1.807, 2.05) is 94.4 Å². The van der Waals surface area contributed by atoms with Crippen molar-refractivity contribution in [3.05, 3.63) is 99.0 Å². The average molecular weight is 537 g/mol. The minimum Gasteiger partial charge on any atom is -0.484 e. The number of carbonyl (C=O) groups excluding carboxylic acids is 2. The summed E-state index contributed by atoms with van der Waals surface area (Å²) >= 11 is 3.56. The molecule has 3 aromatic carbocycles. The van der Waals surface area contributed by atoms with Crippen LogP contribution in [0.4, 0.5) is 0 Å². The second kappa shape index (κ2) is 12.5. The Hall–Kier alpha value is -3.12. The topological polar surface area (TPSA) is 58.6 Å². The predicted molar refractivity (Wildman–Crippen MR) is 143 cm³/mol. The Kier molecular flexibility index (Phi) is 9.49. The number of amides is 2. The summed E-state index contributed by atoms with van der Waals surface area (Å²) in [5.41, 5.74) is 5.16. The number of aryl methyl sites for hydroxylation is 3. The number of rotatable bonds is 10. The number of nitrogens with zero attached hydrogens (tertiary/aromatic N) is 1. The largest absolute Gasteiger partial charge is 0.484 e. The van der Waals surface area contributed by atoms with Gasteiger partial charge in [-0.05, 0) is 62.1 Å². The lowest BCUT2D eigenvalue weighted by Crippen LogP contribution is -2.51. The molecule has 0 aliphatic rings. The number of ether oxygens (including phenoxy) is 1. The van der Waals surface area contributed by atoms with Crippen LogP contribution in [0.1, 0.15) is 34.7 Å². The summed E-state index contributed by atoms with van der Waals surface area (Å²) in [5.74, 6) is 0.215. The van der Waals surface area contributed by atoms with Crippen LogP contribution in [0.2, 0.25) is 0 Å². The summed E-state index contributed by atoms with van der Waals surface area (Å²) in [4.78, 5) is 28.4. The van der Waals surface area contributed by atoms with E-state index in [1.54, 1.807) is 4.90 Å². The van der Waals surface area contributed by atoms with Crippen LogP contribution in [0.3, 0.4) is 0 Å². The van der Waals surface area contributed by atoms with E-state index in [4.69, 9.17) is 4.74 Å². The lowest BCUT2D eigenvalue weighted by molar-refractivity contribution is -0.142. The van der Waals surface area contributed by atoms with E-state index in [0.29, 0.717) is 25.3 Å². The Labute approximate surface area is 216 Å². The van der Waals surface area contributed by atoms with Gasteiger partial charge >= 0.3 is 0 Å². The Balaban J connectivity index is 1.89. The minimum atomic E-state index is -0.664. The van der Waals surface area contributed by atoms with Crippen LogP contribution in [0.25, 0.3) is 0 Å². The summed E-state index contributed by atoms with van der Waals surface area (Å²) in [5, 5.41) is 2.91. The van der Waals surface area contributed by atoms with Crippen LogP contribution < -0.4 is 10.1 Å². The maximum Gasteiger partial charge on any atom is 0.261 e. The van der Waals surface area contributed by atoms with Gasteiger partial charge in [-0.1, -0.05) is 76.1 Å². The summed E-state index contributed by atoms with van der Waals surface area (Å²) in [6, 6.07) is 20.9. The van der Waals surface area contributed by atoms with Crippen molar-refractivity contribution >= 4 is 27.7 Å². The highest BCUT2D eigenvalue weighted by molar-refractivity contribution is 9.10. The molecule has 0 radical (unpaired) electrons. The van der Waals surface area contributed by atoms with Crippen LogP contribution >= 0.6 is 15.9 Å². The minimum absolute atomic E-state index is 0.156. The van der Waals surface area contributed by atoms with Crippen molar-refractivity contribution in [2.75, 3.05) is 13.2 Å². The molecule has 35 heavy (non-hydrogen) atoms. The van der Waals surface area contributed by atoms with Crippen molar-refractivity contribution in [3.63, 3.8) is 0 Å². The average Bonchev–Trinajstić information content (AvgIpc) is 2.85. The first kappa shape index (κ1) is 26.5. The van der Waals surface area contributed by atoms with Gasteiger partial charge in [0.1, 0.15) is 11.8 Å². The molecule has 184 valence electrons. The molecule has 3 aromatic rings. The number of benzene rings is 3. The van der Waals surface area contributed by atoms with Crippen molar-refractivity contribution in [2.24, 2.45) is 0 Å². The van der Waals surface area contributed by atoms with Gasteiger partial charge in [-0.15, -0.1) is 0 Å². The first-order valence-corrected chi connectivity index (χ1v) is 12.6. The first-order valence-electron chi connectivity index (χ1n) is 11.8. The van der Waals surface area contributed by atoms with E-state index in [-0.39, 0.29) is 18.4 Å². The maximum atomic E-state index is 13.6. The molecule has 0 heterocycles. The summed E-state index contributed by atoms with van der Waals surface area (Å²) in [6.45, 7) is 8.53. The van der Waals surface area contributed by atoms with Crippen LogP contribution in [0.15, 0.2) is 71.2 Å². The highest BCUT2D eigenvalue weighted by Gasteiger charge is 2.30. The van der Waals surface area contributed by atoms with Gasteiger partial charge in [0.25, 0.3) is 5.91 Å². The van der Waals surface area contributed by atoms with E-state index < -0.39 is 6.04 Å². The summed E-state index contributed by atoms with van der Waals surface area (Å²) in [7, 11) is 0. The molecule has 1 N–H and O–H groups in total. The number of likely N-dealkylation sites (N-methyl/N-ethyl adjacent to an activating group) is 1. The maximum absolute atomic E-state index is 13.6. The van der Waals surface area contributed by atoms with Crippen LogP contribution in [0.5, 0.6) is 5.75 Å². The molecular weight excluding hydrogens is 504 g/mol. The summed E-state index contributed by atoms with van der Waals surface area (Å²) in [6.07, 6.45) is 0.417. The molecule has 1 atom stereocenters. The van der Waals surface area contributed by atoms with Gasteiger partial charge in [0.2, 0.25) is 5.91 Å². The second-order valence-corrected chi connectivity index (χ2v) is 9.56. The Morgan fingerprint density at radius 3 is 2.17 bits per heavy atom. The zero-order chi connectivity index (χ0) is 25.4. The second-order valence-electron chi connectivity index (χ2n) is 8.77. The fraction of sp³-hybridized carbons (Fsp3) is 0.310. The Bertz CT molecular complexity index is 1120. The molecule has 2 amide bonds. The molecule has 3 rings (SSSR count). The van der Waals surface area contributed by atoms with E-state index in [2.05, 4.69) is 21.2 Å². The third-order valence-corrected chi connectivity index (χ3v) is 7.12. The van der Waals surface area contributed by atoms with E-state index in [0.717, 1.165) is 32.3 Å². The molecule has 0 aliphatic carbocycles. The first-order chi connectivity index (χ1) is 16.8. The van der Waals surface area contributed by atoms with Crippen molar-refractivity contribution in [1.82, 2.24) is 10.2 Å². The van der Waals surface area contributed by atoms with Gasteiger partial charge in [0.15, 0.2) is 6.61 Å². The zero-order valence-corrected chi connectivity index (χ0v) is 22.4. The van der Waals surface area contributed by atoms with Crippen molar-refractivity contribution in [3.8, 4) is 5.75 Å². The molecular formula is C29H33BrN2O3. The van der Waals surface area contributed by atoms with Crippen molar-refractivity contribution < 1.29 is 14.3 Å². The molecule has 0 aliphatic heterocycles. The molecule has 0 aromatic heterocycles. The monoisotopic (exact) mass is 536 g/mol. The lowest BCUT2D eigenvalue weighted by atomic mass is 10.0. The quantitative estimate of drug-likeness (QED) is 0.370. The third-order valence-electron chi connectivity index (χ3n) is 5.87. The van der Waals surface area contributed by atoms with Gasteiger partial charge < -0.3 is 15.0 Å². The van der Waals surface area contributed by atoms with E-state index in [1.165, 1.54) is 0 Å².